The SMILES string of the molecule is CN1[C@@H]2CC[C@H]1CC(Oc1ccc(-n3cnc4cc(C#CC(C)(O)C5CC5)sc4c3=O)cc1)C2. The molecule has 1 aromatic carbocycles. The highest BCUT2D eigenvalue weighted by Gasteiger charge is 2.39. The smallest absolute Gasteiger partial charge is 0.275 e. The second kappa shape index (κ2) is 8.23. The molecule has 7 heteroatoms. The highest BCUT2D eigenvalue weighted by molar-refractivity contribution is 7.19. The zero-order chi connectivity index (χ0) is 23.4. The summed E-state index contributed by atoms with van der Waals surface area (Å²) >= 11 is 1.33. The van der Waals surface area contributed by atoms with Gasteiger partial charge in [-0.15, -0.1) is 11.3 Å². The second-order valence-electron chi connectivity index (χ2n) is 10.2. The molecule has 6 nitrogen and oxygen atoms in total. The molecule has 2 unspecified atom stereocenters. The molecule has 0 amide bonds. The van der Waals surface area contributed by atoms with Gasteiger partial charge in [-0.05, 0) is 88.7 Å². The Hall–Kier alpha value is -2.66. The van der Waals surface area contributed by atoms with Crippen LogP contribution in [0.15, 0.2) is 41.5 Å². The van der Waals surface area contributed by atoms with Crippen LogP contribution in [0, 0.1) is 17.8 Å². The summed E-state index contributed by atoms with van der Waals surface area (Å²) in [5.41, 5.74) is 0.310. The van der Waals surface area contributed by atoms with Crippen molar-refractivity contribution in [3.8, 4) is 23.3 Å². The minimum absolute atomic E-state index is 0.113. The molecule has 34 heavy (non-hydrogen) atoms. The van der Waals surface area contributed by atoms with E-state index in [-0.39, 0.29) is 17.6 Å². The lowest BCUT2D eigenvalue weighted by Crippen LogP contribution is -2.43. The minimum atomic E-state index is -0.971. The van der Waals surface area contributed by atoms with Crippen LogP contribution >= 0.6 is 11.3 Å². The van der Waals surface area contributed by atoms with Crippen LogP contribution in [-0.2, 0) is 0 Å². The minimum Gasteiger partial charge on any atom is -0.490 e. The van der Waals surface area contributed by atoms with E-state index in [1.807, 2.05) is 30.3 Å². The van der Waals surface area contributed by atoms with Gasteiger partial charge in [-0.3, -0.25) is 9.36 Å². The van der Waals surface area contributed by atoms with Crippen LogP contribution in [0.25, 0.3) is 15.9 Å². The van der Waals surface area contributed by atoms with E-state index >= 15 is 0 Å². The molecule has 3 aliphatic rings. The first-order valence-electron chi connectivity index (χ1n) is 12.1. The molecule has 3 fully saturated rings. The van der Waals surface area contributed by atoms with Crippen LogP contribution in [0.2, 0.25) is 0 Å². The third kappa shape index (κ3) is 4.04. The van der Waals surface area contributed by atoms with E-state index in [1.54, 1.807) is 17.8 Å². The first-order valence-corrected chi connectivity index (χ1v) is 12.9. The van der Waals surface area contributed by atoms with E-state index in [1.165, 1.54) is 24.2 Å². The summed E-state index contributed by atoms with van der Waals surface area (Å²) in [4.78, 5) is 20.9. The zero-order valence-corrected chi connectivity index (χ0v) is 20.3. The Morgan fingerprint density at radius 1 is 1.15 bits per heavy atom. The molecular formula is C27H29N3O3S. The molecule has 2 bridgehead atoms. The van der Waals surface area contributed by atoms with Crippen LogP contribution in [0.1, 0.15) is 50.3 Å². The van der Waals surface area contributed by atoms with Gasteiger partial charge in [0.15, 0.2) is 0 Å². The molecule has 176 valence electrons. The number of hydrogen-bond acceptors (Lipinski definition) is 6. The fourth-order valence-corrected chi connectivity index (χ4v) is 6.32. The van der Waals surface area contributed by atoms with Crippen LogP contribution in [0.5, 0.6) is 5.75 Å². The van der Waals surface area contributed by atoms with E-state index in [4.69, 9.17) is 4.74 Å². The number of hydrogen-bond donors (Lipinski definition) is 1. The predicted molar refractivity (Wildman–Crippen MR) is 134 cm³/mol. The van der Waals surface area contributed by atoms with Gasteiger partial charge in [-0.2, -0.15) is 0 Å². The number of benzene rings is 1. The van der Waals surface area contributed by atoms with Gasteiger partial charge in [0.05, 0.1) is 16.1 Å². The van der Waals surface area contributed by atoms with Gasteiger partial charge in [0.1, 0.15) is 28.5 Å². The number of fused-ring (bicyclic) bond motifs is 3. The Morgan fingerprint density at radius 3 is 2.53 bits per heavy atom. The Bertz CT molecular complexity index is 1330. The van der Waals surface area contributed by atoms with Crippen LogP contribution in [0.3, 0.4) is 0 Å². The van der Waals surface area contributed by atoms with Gasteiger partial charge < -0.3 is 14.7 Å². The number of aliphatic hydroxyl groups is 1. The van der Waals surface area contributed by atoms with E-state index in [9.17, 15) is 9.90 Å². The number of ether oxygens (including phenoxy) is 1. The summed E-state index contributed by atoms with van der Waals surface area (Å²) in [5.74, 6) is 7.13. The van der Waals surface area contributed by atoms with E-state index in [0.29, 0.717) is 22.3 Å². The van der Waals surface area contributed by atoms with E-state index in [2.05, 4.69) is 28.8 Å². The van der Waals surface area contributed by atoms with Crippen molar-refractivity contribution in [2.24, 2.45) is 5.92 Å². The Kier molecular flexibility index (Phi) is 5.29. The zero-order valence-electron chi connectivity index (χ0n) is 19.5. The molecule has 4 heterocycles. The lowest BCUT2D eigenvalue weighted by atomic mass is 10.0. The number of rotatable bonds is 4. The molecule has 2 aromatic heterocycles. The molecular weight excluding hydrogens is 446 g/mol. The Labute approximate surface area is 203 Å². The third-order valence-electron chi connectivity index (χ3n) is 7.72. The first kappa shape index (κ1) is 21.8. The van der Waals surface area contributed by atoms with Crippen molar-refractivity contribution < 1.29 is 9.84 Å². The maximum atomic E-state index is 13.2. The lowest BCUT2D eigenvalue weighted by Gasteiger charge is -2.36. The van der Waals surface area contributed by atoms with Gasteiger partial charge >= 0.3 is 0 Å². The Morgan fingerprint density at radius 2 is 1.85 bits per heavy atom. The lowest BCUT2D eigenvalue weighted by molar-refractivity contribution is 0.0662. The molecule has 3 aromatic rings. The molecule has 1 saturated carbocycles. The summed E-state index contributed by atoms with van der Waals surface area (Å²) in [6, 6.07) is 10.8. The molecule has 2 saturated heterocycles. The van der Waals surface area contributed by atoms with Crippen molar-refractivity contribution in [2.45, 2.75) is 69.2 Å². The van der Waals surface area contributed by atoms with Crippen LogP contribution in [0.4, 0.5) is 0 Å². The average molecular weight is 476 g/mol. The fourth-order valence-electron chi connectivity index (χ4n) is 5.43. The second-order valence-corrected chi connectivity index (χ2v) is 11.2. The Balaban J connectivity index is 1.20. The molecule has 4 atom stereocenters. The molecule has 6 rings (SSSR count). The summed E-state index contributed by atoms with van der Waals surface area (Å²) in [6.07, 6.45) is 8.56. The van der Waals surface area contributed by atoms with Crippen LogP contribution < -0.4 is 10.3 Å². The molecule has 1 aliphatic carbocycles. The first-order chi connectivity index (χ1) is 16.4. The highest BCUT2D eigenvalue weighted by atomic mass is 32.1. The van der Waals surface area contributed by atoms with Crippen LogP contribution in [-0.4, -0.2) is 50.4 Å². The maximum Gasteiger partial charge on any atom is 0.275 e. The number of nitrogens with zero attached hydrogens (tertiary/aromatic N) is 3. The largest absolute Gasteiger partial charge is 0.490 e. The standard InChI is InChI=1S/C27H29N3O3S/c1-27(32,17-3-4-17)12-11-23-15-24-25(34-23)26(31)30(16-28-24)18-7-9-21(10-8-18)33-22-13-19-5-6-20(14-22)29(19)2/h7-10,15-17,19-20,22,32H,3-6,13-14H2,1-2H3/t19-,20+,22?,27?. The van der Waals surface area contributed by atoms with Crippen molar-refractivity contribution in [3.63, 3.8) is 0 Å². The van der Waals surface area contributed by atoms with Gasteiger partial charge in [0.2, 0.25) is 0 Å². The normalized spacial score (nSPS) is 26.1. The van der Waals surface area contributed by atoms with E-state index in [0.717, 1.165) is 42.0 Å². The summed E-state index contributed by atoms with van der Waals surface area (Å²) in [5, 5.41) is 10.4. The highest BCUT2D eigenvalue weighted by Crippen LogP contribution is 2.39. The van der Waals surface area contributed by atoms with Gasteiger partial charge in [0, 0.05) is 12.1 Å². The maximum absolute atomic E-state index is 13.2. The summed E-state index contributed by atoms with van der Waals surface area (Å²) in [6.45, 7) is 1.76. The monoisotopic (exact) mass is 475 g/mol. The molecule has 0 spiro atoms. The molecule has 0 radical (unpaired) electrons. The van der Waals surface area contributed by atoms with Crippen molar-refractivity contribution in [1.29, 1.82) is 0 Å². The topological polar surface area (TPSA) is 67.6 Å². The summed E-state index contributed by atoms with van der Waals surface area (Å²) in [7, 11) is 2.23. The van der Waals surface area contributed by atoms with Crippen molar-refractivity contribution in [1.82, 2.24) is 14.5 Å². The van der Waals surface area contributed by atoms with Crippen molar-refractivity contribution in [2.75, 3.05) is 7.05 Å². The molecule has 2 aliphatic heterocycles. The van der Waals surface area contributed by atoms with Gasteiger partial charge in [-0.25, -0.2) is 4.98 Å². The average Bonchev–Trinajstić information content (AvgIpc) is 3.57. The van der Waals surface area contributed by atoms with E-state index < -0.39 is 5.60 Å². The number of thiophene rings is 1. The quantitative estimate of drug-likeness (QED) is 0.579. The number of piperidine rings is 1. The number of aromatic nitrogens is 2. The fraction of sp³-hybridized carbons (Fsp3) is 0.481. The molecule has 1 N–H and O–H groups in total. The van der Waals surface area contributed by atoms with Gasteiger partial charge in [-0.1, -0.05) is 11.8 Å². The van der Waals surface area contributed by atoms with Crippen molar-refractivity contribution in [3.05, 3.63) is 51.9 Å². The summed E-state index contributed by atoms with van der Waals surface area (Å²) < 4.78 is 8.43. The predicted octanol–water partition coefficient (Wildman–Crippen LogP) is 3.96. The van der Waals surface area contributed by atoms with Gasteiger partial charge in [0.25, 0.3) is 5.56 Å². The van der Waals surface area contributed by atoms with Crippen molar-refractivity contribution >= 4 is 21.6 Å². The third-order valence-corrected chi connectivity index (χ3v) is 8.75.